The van der Waals surface area contributed by atoms with Gasteiger partial charge < -0.3 is 0 Å². The SMILES string of the molecule is O=S(=O)(Cc1ccccc1)N1CCC(c2cc(Cl)cc3[nH]ncc23)CC1. The Morgan fingerprint density at radius 1 is 1.15 bits per heavy atom. The van der Waals surface area contributed by atoms with Crippen LogP contribution < -0.4 is 0 Å². The van der Waals surface area contributed by atoms with Gasteiger partial charge in [0.15, 0.2) is 0 Å². The van der Waals surface area contributed by atoms with Crippen molar-refractivity contribution < 1.29 is 8.42 Å². The summed E-state index contributed by atoms with van der Waals surface area (Å²) in [5, 5.41) is 8.81. The Balaban J connectivity index is 1.49. The molecule has 7 heteroatoms. The average Bonchev–Trinajstić information content (AvgIpc) is 3.10. The normalized spacial score (nSPS) is 17.0. The van der Waals surface area contributed by atoms with Gasteiger partial charge in [-0.05, 0) is 42.0 Å². The van der Waals surface area contributed by atoms with Gasteiger partial charge in [-0.25, -0.2) is 12.7 Å². The lowest BCUT2D eigenvalue weighted by atomic mass is 9.88. The molecule has 5 nitrogen and oxygen atoms in total. The number of sulfonamides is 1. The van der Waals surface area contributed by atoms with Crippen molar-refractivity contribution in [2.75, 3.05) is 13.1 Å². The number of benzene rings is 2. The second kappa shape index (κ2) is 7.02. The van der Waals surface area contributed by atoms with Gasteiger partial charge in [0, 0.05) is 23.5 Å². The van der Waals surface area contributed by atoms with E-state index in [4.69, 9.17) is 11.6 Å². The Hall–Kier alpha value is -1.89. The van der Waals surface area contributed by atoms with E-state index in [9.17, 15) is 8.42 Å². The number of H-pyrrole nitrogens is 1. The highest BCUT2D eigenvalue weighted by atomic mass is 35.5. The van der Waals surface area contributed by atoms with Gasteiger partial charge in [0.25, 0.3) is 0 Å². The van der Waals surface area contributed by atoms with Gasteiger partial charge >= 0.3 is 0 Å². The zero-order valence-corrected chi connectivity index (χ0v) is 15.8. The minimum Gasteiger partial charge on any atom is -0.278 e. The molecule has 1 N–H and O–H groups in total. The molecule has 0 aliphatic carbocycles. The number of hydrogen-bond acceptors (Lipinski definition) is 3. The van der Waals surface area contributed by atoms with Crippen LogP contribution in [0.4, 0.5) is 0 Å². The first kappa shape index (κ1) is 17.5. The number of aromatic nitrogens is 2. The van der Waals surface area contributed by atoms with Crippen molar-refractivity contribution in [2.24, 2.45) is 0 Å². The molecule has 1 fully saturated rings. The van der Waals surface area contributed by atoms with Crippen LogP contribution in [0.25, 0.3) is 10.9 Å². The van der Waals surface area contributed by atoms with Crippen LogP contribution in [0.2, 0.25) is 5.02 Å². The van der Waals surface area contributed by atoms with Crippen LogP contribution in [0.3, 0.4) is 0 Å². The minimum atomic E-state index is -3.29. The third-order valence-corrected chi connectivity index (χ3v) is 7.10. The Bertz CT molecular complexity index is 1010. The molecule has 0 saturated carbocycles. The highest BCUT2D eigenvalue weighted by Gasteiger charge is 2.29. The number of hydrogen-bond donors (Lipinski definition) is 1. The maximum Gasteiger partial charge on any atom is 0.218 e. The fourth-order valence-corrected chi connectivity index (χ4v) is 5.49. The second-order valence-electron chi connectivity index (χ2n) is 6.74. The summed E-state index contributed by atoms with van der Waals surface area (Å²) in [4.78, 5) is 0. The Morgan fingerprint density at radius 2 is 1.88 bits per heavy atom. The van der Waals surface area contributed by atoms with Crippen molar-refractivity contribution in [3.63, 3.8) is 0 Å². The van der Waals surface area contributed by atoms with Crippen LogP contribution in [0.5, 0.6) is 0 Å². The Morgan fingerprint density at radius 3 is 2.62 bits per heavy atom. The predicted molar refractivity (Wildman–Crippen MR) is 104 cm³/mol. The quantitative estimate of drug-likeness (QED) is 0.735. The van der Waals surface area contributed by atoms with E-state index in [0.29, 0.717) is 18.1 Å². The molecule has 4 rings (SSSR count). The van der Waals surface area contributed by atoms with Crippen molar-refractivity contribution in [3.05, 3.63) is 64.8 Å². The van der Waals surface area contributed by atoms with Gasteiger partial charge in [-0.15, -0.1) is 0 Å². The average molecular weight is 390 g/mol. The second-order valence-corrected chi connectivity index (χ2v) is 9.15. The highest BCUT2D eigenvalue weighted by molar-refractivity contribution is 7.88. The monoisotopic (exact) mass is 389 g/mol. The van der Waals surface area contributed by atoms with E-state index in [1.165, 1.54) is 0 Å². The van der Waals surface area contributed by atoms with Crippen molar-refractivity contribution >= 4 is 32.5 Å². The summed E-state index contributed by atoms with van der Waals surface area (Å²) in [6.07, 6.45) is 3.39. The van der Waals surface area contributed by atoms with Crippen LogP contribution in [0.15, 0.2) is 48.7 Å². The fourth-order valence-electron chi connectivity index (χ4n) is 3.70. The molecular weight excluding hydrogens is 370 g/mol. The topological polar surface area (TPSA) is 66.1 Å². The molecule has 2 aromatic carbocycles. The molecule has 1 aliphatic heterocycles. The lowest BCUT2D eigenvalue weighted by Gasteiger charge is -2.31. The van der Waals surface area contributed by atoms with Crippen LogP contribution >= 0.6 is 11.6 Å². The molecule has 3 aromatic rings. The van der Waals surface area contributed by atoms with Crippen molar-refractivity contribution in [2.45, 2.75) is 24.5 Å². The van der Waals surface area contributed by atoms with Gasteiger partial charge in [-0.1, -0.05) is 41.9 Å². The van der Waals surface area contributed by atoms with Crippen LogP contribution in [-0.4, -0.2) is 36.0 Å². The summed E-state index contributed by atoms with van der Waals surface area (Å²) in [6, 6.07) is 13.2. The van der Waals surface area contributed by atoms with Gasteiger partial charge in [0.2, 0.25) is 10.0 Å². The number of aromatic amines is 1. The molecule has 1 saturated heterocycles. The summed E-state index contributed by atoms with van der Waals surface area (Å²) in [7, 11) is -3.29. The molecule has 0 amide bonds. The lowest BCUT2D eigenvalue weighted by Crippen LogP contribution is -2.38. The largest absolute Gasteiger partial charge is 0.278 e. The summed E-state index contributed by atoms with van der Waals surface area (Å²) in [5.41, 5.74) is 2.90. The number of rotatable bonds is 4. The fraction of sp³-hybridized carbons (Fsp3) is 0.316. The maximum absolute atomic E-state index is 12.7. The van der Waals surface area contributed by atoms with E-state index < -0.39 is 10.0 Å². The number of fused-ring (bicyclic) bond motifs is 1. The Labute approximate surface area is 158 Å². The number of nitrogens with one attached hydrogen (secondary N) is 1. The van der Waals surface area contributed by atoms with E-state index in [-0.39, 0.29) is 11.7 Å². The van der Waals surface area contributed by atoms with E-state index >= 15 is 0 Å². The number of nitrogens with zero attached hydrogens (tertiary/aromatic N) is 2. The van der Waals surface area contributed by atoms with Crippen LogP contribution in [0.1, 0.15) is 29.9 Å². The van der Waals surface area contributed by atoms with E-state index in [1.54, 1.807) is 4.31 Å². The van der Waals surface area contributed by atoms with Crippen molar-refractivity contribution in [3.8, 4) is 0 Å². The van der Waals surface area contributed by atoms with Crippen molar-refractivity contribution in [1.82, 2.24) is 14.5 Å². The van der Waals surface area contributed by atoms with Gasteiger partial charge in [-0.2, -0.15) is 5.10 Å². The third kappa shape index (κ3) is 3.49. The Kier molecular flexibility index (Phi) is 4.73. The summed E-state index contributed by atoms with van der Waals surface area (Å²) in [6.45, 7) is 1.07. The predicted octanol–water partition coefficient (Wildman–Crippen LogP) is 3.93. The van der Waals surface area contributed by atoms with Gasteiger partial charge in [-0.3, -0.25) is 5.10 Å². The molecule has 0 atom stereocenters. The first-order valence-electron chi connectivity index (χ1n) is 8.67. The van der Waals surface area contributed by atoms with E-state index in [0.717, 1.165) is 34.9 Å². The summed E-state index contributed by atoms with van der Waals surface area (Å²) < 4.78 is 27.0. The molecule has 2 heterocycles. The van der Waals surface area contributed by atoms with Crippen LogP contribution in [0, 0.1) is 0 Å². The molecule has 0 radical (unpaired) electrons. The van der Waals surface area contributed by atoms with Gasteiger partial charge in [0.05, 0.1) is 17.5 Å². The van der Waals surface area contributed by atoms with E-state index in [2.05, 4.69) is 10.2 Å². The molecule has 26 heavy (non-hydrogen) atoms. The minimum absolute atomic E-state index is 0.0572. The van der Waals surface area contributed by atoms with Crippen LogP contribution in [-0.2, 0) is 15.8 Å². The molecule has 1 aliphatic rings. The number of piperidine rings is 1. The highest BCUT2D eigenvalue weighted by Crippen LogP contribution is 2.35. The molecule has 0 unspecified atom stereocenters. The number of halogens is 1. The first-order valence-corrected chi connectivity index (χ1v) is 10.7. The summed E-state index contributed by atoms with van der Waals surface area (Å²) >= 11 is 6.24. The molecule has 0 bridgehead atoms. The van der Waals surface area contributed by atoms with Crippen molar-refractivity contribution in [1.29, 1.82) is 0 Å². The molecule has 1 aromatic heterocycles. The molecular formula is C19H20ClN3O2S. The molecule has 136 valence electrons. The lowest BCUT2D eigenvalue weighted by molar-refractivity contribution is 0.320. The molecule has 0 spiro atoms. The summed E-state index contributed by atoms with van der Waals surface area (Å²) in [5.74, 6) is 0.346. The maximum atomic E-state index is 12.7. The third-order valence-electron chi connectivity index (χ3n) is 5.03. The van der Waals surface area contributed by atoms with E-state index in [1.807, 2.05) is 48.7 Å². The van der Waals surface area contributed by atoms with Gasteiger partial charge in [0.1, 0.15) is 0 Å². The standard InChI is InChI=1S/C19H20ClN3O2S/c20-16-10-17(18-12-21-22-19(18)11-16)15-6-8-23(9-7-15)26(24,25)13-14-4-2-1-3-5-14/h1-5,10-12,15H,6-9,13H2,(H,21,22). The zero-order valence-electron chi connectivity index (χ0n) is 14.2. The zero-order chi connectivity index (χ0) is 18.1. The first-order chi connectivity index (χ1) is 12.5. The smallest absolute Gasteiger partial charge is 0.218 e.